The van der Waals surface area contributed by atoms with Crippen LogP contribution in [0.25, 0.3) is 45.3 Å². The van der Waals surface area contributed by atoms with Gasteiger partial charge >= 0.3 is 0 Å². The van der Waals surface area contributed by atoms with Crippen LogP contribution in [-0.2, 0) is 0 Å². The molecule has 0 saturated heterocycles. The molecule has 4 rings (SSSR count). The highest BCUT2D eigenvalue weighted by Crippen LogP contribution is 2.35. The molecule has 110 valence electrons. The maximum atomic E-state index is 4.23. The molecular formula is C23H18. The van der Waals surface area contributed by atoms with E-state index in [2.05, 4.69) is 80.7 Å². The molecule has 0 bridgehead atoms. The summed E-state index contributed by atoms with van der Waals surface area (Å²) >= 11 is 0. The van der Waals surface area contributed by atoms with Crippen LogP contribution in [0.3, 0.4) is 0 Å². The van der Waals surface area contributed by atoms with Crippen molar-refractivity contribution in [3.8, 4) is 11.1 Å². The lowest BCUT2D eigenvalue weighted by atomic mass is 9.90. The standard InChI is InChI=1S/C23H18/c1-4-17-11-14-21-20(18-8-5-15(2)6-9-18)13-12-19-10-7-16(3)22(17)23(19)21/h4-14H,1,3H2,2H3. The Hall–Kier alpha value is -2.86. The molecule has 0 aromatic heterocycles. The number of hydrogen-bond acceptors (Lipinski definition) is 0. The van der Waals surface area contributed by atoms with Gasteiger partial charge in [-0.05, 0) is 50.4 Å². The third-order valence-electron chi connectivity index (χ3n) is 4.61. The first kappa shape index (κ1) is 13.8. The van der Waals surface area contributed by atoms with Crippen molar-refractivity contribution in [2.24, 2.45) is 0 Å². The lowest BCUT2D eigenvalue weighted by molar-refractivity contribution is 1.47. The van der Waals surface area contributed by atoms with Gasteiger partial charge in [-0.3, -0.25) is 0 Å². The van der Waals surface area contributed by atoms with Gasteiger partial charge in [0.1, 0.15) is 0 Å². The van der Waals surface area contributed by atoms with Crippen LogP contribution >= 0.6 is 0 Å². The van der Waals surface area contributed by atoms with Gasteiger partial charge in [0.25, 0.3) is 0 Å². The van der Waals surface area contributed by atoms with Gasteiger partial charge in [0.15, 0.2) is 0 Å². The predicted molar refractivity (Wildman–Crippen MR) is 102 cm³/mol. The highest BCUT2D eigenvalue weighted by Gasteiger charge is 2.10. The van der Waals surface area contributed by atoms with Crippen molar-refractivity contribution < 1.29 is 0 Å². The minimum atomic E-state index is 1.05. The molecule has 0 saturated carbocycles. The van der Waals surface area contributed by atoms with Crippen LogP contribution in [0.1, 0.15) is 11.1 Å². The highest BCUT2D eigenvalue weighted by molar-refractivity contribution is 6.17. The number of aryl methyl sites for hydroxylation is 1. The van der Waals surface area contributed by atoms with Gasteiger partial charge < -0.3 is 0 Å². The summed E-state index contributed by atoms with van der Waals surface area (Å²) in [7, 11) is 0. The first-order chi connectivity index (χ1) is 11.2. The summed E-state index contributed by atoms with van der Waals surface area (Å²) in [5.74, 6) is 0. The zero-order chi connectivity index (χ0) is 16.0. The van der Waals surface area contributed by atoms with E-state index in [-0.39, 0.29) is 0 Å². The fourth-order valence-electron chi connectivity index (χ4n) is 3.40. The molecule has 23 heavy (non-hydrogen) atoms. The second-order valence-electron chi connectivity index (χ2n) is 6.08. The molecule has 0 amide bonds. The molecule has 0 aliphatic carbocycles. The van der Waals surface area contributed by atoms with Gasteiger partial charge in [-0.2, -0.15) is 0 Å². The molecule has 0 radical (unpaired) electrons. The number of hydrogen-bond donors (Lipinski definition) is 0. The van der Waals surface area contributed by atoms with E-state index in [4.69, 9.17) is 0 Å². The first-order valence-corrected chi connectivity index (χ1v) is 7.85. The summed E-state index contributed by atoms with van der Waals surface area (Å²) in [6.07, 6.45) is 1.92. The normalized spacial score (nSPS) is 11.2. The Labute approximate surface area is 136 Å². The van der Waals surface area contributed by atoms with E-state index in [1.165, 1.54) is 38.2 Å². The summed E-state index contributed by atoms with van der Waals surface area (Å²) in [5, 5.41) is 6.08. The SMILES string of the molecule is C=Cc1ccc2c(-c3ccc(C)cc3)ccc3ccc(=C)c1c32. The summed E-state index contributed by atoms with van der Waals surface area (Å²) in [6, 6.07) is 21.8. The van der Waals surface area contributed by atoms with Crippen LogP contribution in [0.4, 0.5) is 0 Å². The molecule has 0 heterocycles. The topological polar surface area (TPSA) is 0 Å². The van der Waals surface area contributed by atoms with Crippen molar-refractivity contribution in [2.75, 3.05) is 0 Å². The molecule has 0 heteroatoms. The van der Waals surface area contributed by atoms with E-state index < -0.39 is 0 Å². The molecule has 0 aliphatic heterocycles. The Morgan fingerprint density at radius 1 is 0.783 bits per heavy atom. The van der Waals surface area contributed by atoms with E-state index in [0.29, 0.717) is 0 Å². The minimum Gasteiger partial charge on any atom is -0.0984 e. The Morgan fingerprint density at radius 2 is 1.52 bits per heavy atom. The van der Waals surface area contributed by atoms with Gasteiger partial charge in [-0.1, -0.05) is 85.5 Å². The zero-order valence-electron chi connectivity index (χ0n) is 13.3. The van der Waals surface area contributed by atoms with Crippen molar-refractivity contribution in [1.82, 2.24) is 0 Å². The van der Waals surface area contributed by atoms with Crippen LogP contribution in [0.2, 0.25) is 0 Å². The molecule has 0 atom stereocenters. The minimum absolute atomic E-state index is 1.05. The van der Waals surface area contributed by atoms with Gasteiger partial charge in [-0.25, -0.2) is 0 Å². The fraction of sp³-hybridized carbons (Fsp3) is 0.0435. The van der Waals surface area contributed by atoms with E-state index in [0.717, 1.165) is 10.8 Å². The van der Waals surface area contributed by atoms with E-state index in [1.54, 1.807) is 0 Å². The van der Waals surface area contributed by atoms with Crippen molar-refractivity contribution in [3.05, 3.63) is 83.6 Å². The third kappa shape index (κ3) is 2.07. The summed E-state index contributed by atoms with van der Waals surface area (Å²) in [5.41, 5.74) is 4.94. The molecule has 4 aromatic rings. The Kier molecular flexibility index (Phi) is 3.06. The predicted octanol–water partition coefficient (Wildman–Crippen LogP) is 5.74. The summed E-state index contributed by atoms with van der Waals surface area (Å²) < 4.78 is 0. The molecule has 0 unspecified atom stereocenters. The first-order valence-electron chi connectivity index (χ1n) is 7.85. The van der Waals surface area contributed by atoms with Gasteiger partial charge in [0.05, 0.1) is 0 Å². The Bertz CT molecular complexity index is 1080. The van der Waals surface area contributed by atoms with Crippen molar-refractivity contribution in [1.29, 1.82) is 0 Å². The Balaban J connectivity index is 2.17. The molecule has 0 aliphatic rings. The quantitative estimate of drug-likeness (QED) is 0.442. The van der Waals surface area contributed by atoms with Crippen LogP contribution in [0, 0.1) is 6.92 Å². The number of benzene rings is 4. The molecule has 0 N–H and O–H groups in total. The lowest BCUT2D eigenvalue weighted by Crippen LogP contribution is -2.01. The van der Waals surface area contributed by atoms with Crippen LogP contribution in [0.5, 0.6) is 0 Å². The second-order valence-corrected chi connectivity index (χ2v) is 6.08. The van der Waals surface area contributed by atoms with E-state index in [9.17, 15) is 0 Å². The van der Waals surface area contributed by atoms with Crippen LogP contribution < -0.4 is 5.22 Å². The zero-order valence-corrected chi connectivity index (χ0v) is 13.3. The van der Waals surface area contributed by atoms with Gasteiger partial charge in [0.2, 0.25) is 0 Å². The van der Waals surface area contributed by atoms with E-state index >= 15 is 0 Å². The van der Waals surface area contributed by atoms with Crippen molar-refractivity contribution in [3.63, 3.8) is 0 Å². The average molecular weight is 294 g/mol. The van der Waals surface area contributed by atoms with Crippen molar-refractivity contribution >= 4 is 34.2 Å². The smallest absolute Gasteiger partial charge is 0.00208 e. The molecule has 0 nitrogen and oxygen atoms in total. The molecule has 4 aromatic carbocycles. The van der Waals surface area contributed by atoms with E-state index in [1.807, 2.05) is 6.08 Å². The summed E-state index contributed by atoms with van der Waals surface area (Å²) in [6.45, 7) is 10.3. The van der Waals surface area contributed by atoms with Crippen LogP contribution in [0.15, 0.2) is 67.2 Å². The van der Waals surface area contributed by atoms with Crippen molar-refractivity contribution in [2.45, 2.75) is 6.92 Å². The second kappa shape index (κ2) is 5.10. The van der Waals surface area contributed by atoms with Gasteiger partial charge in [0, 0.05) is 0 Å². The largest absolute Gasteiger partial charge is 0.0984 e. The lowest BCUT2D eigenvalue weighted by Gasteiger charge is -2.13. The Morgan fingerprint density at radius 3 is 2.26 bits per heavy atom. The molecular weight excluding hydrogens is 276 g/mol. The third-order valence-corrected chi connectivity index (χ3v) is 4.61. The summed E-state index contributed by atoms with van der Waals surface area (Å²) in [4.78, 5) is 0. The average Bonchev–Trinajstić information content (AvgIpc) is 2.58. The number of rotatable bonds is 2. The molecule has 0 spiro atoms. The molecule has 0 fully saturated rings. The van der Waals surface area contributed by atoms with Gasteiger partial charge in [-0.15, -0.1) is 0 Å². The highest BCUT2D eigenvalue weighted by atomic mass is 14.1. The maximum Gasteiger partial charge on any atom is -0.00208 e. The fourth-order valence-corrected chi connectivity index (χ4v) is 3.40. The monoisotopic (exact) mass is 294 g/mol. The van der Waals surface area contributed by atoms with Crippen LogP contribution in [-0.4, -0.2) is 0 Å². The maximum absolute atomic E-state index is 4.23.